The van der Waals surface area contributed by atoms with Crippen molar-refractivity contribution in [3.8, 4) is 0 Å². The Labute approximate surface area is 134 Å². The molecule has 3 unspecified atom stereocenters. The number of hydrogen-bond donors (Lipinski definition) is 2. The van der Waals surface area contributed by atoms with Gasteiger partial charge in [-0.15, -0.1) is 0 Å². The van der Waals surface area contributed by atoms with Crippen molar-refractivity contribution in [2.45, 2.75) is 83.5 Å². The van der Waals surface area contributed by atoms with Gasteiger partial charge in [0.15, 0.2) is 0 Å². The van der Waals surface area contributed by atoms with E-state index in [1.165, 1.54) is 6.42 Å². The predicted octanol–water partition coefficient (Wildman–Crippen LogP) is 3.13. The molecule has 3 aliphatic carbocycles. The van der Waals surface area contributed by atoms with E-state index in [4.69, 9.17) is 4.74 Å². The fourth-order valence-electron chi connectivity index (χ4n) is 6.66. The minimum absolute atomic E-state index is 0.0749. The van der Waals surface area contributed by atoms with E-state index < -0.39 is 0 Å². The van der Waals surface area contributed by atoms with Crippen LogP contribution in [0.15, 0.2) is 0 Å². The highest BCUT2D eigenvalue weighted by Gasteiger charge is 2.59. The van der Waals surface area contributed by atoms with Crippen LogP contribution in [0.5, 0.6) is 0 Å². The largest absolute Gasteiger partial charge is 0.393 e. The summed E-state index contributed by atoms with van der Waals surface area (Å²) < 4.78 is 6.43. The van der Waals surface area contributed by atoms with Crippen LogP contribution >= 0.6 is 0 Å². The number of fused-ring (bicyclic) bond motifs is 5. The van der Waals surface area contributed by atoms with E-state index >= 15 is 0 Å². The number of ether oxygens (including phenoxy) is 1. The Bertz CT molecular complexity index is 438. The SMILES string of the molecule is C[C@]12CCC(O)CC1CCO[C@@H]1[C@@H]2CC[C@]2(C)C(O)CC[C@@H]12. The number of rotatable bonds is 0. The summed E-state index contributed by atoms with van der Waals surface area (Å²) in [5.74, 6) is 1.77. The van der Waals surface area contributed by atoms with Crippen LogP contribution in [0.2, 0.25) is 0 Å². The van der Waals surface area contributed by atoms with E-state index in [2.05, 4.69) is 13.8 Å². The van der Waals surface area contributed by atoms with Crippen LogP contribution < -0.4 is 0 Å². The lowest BCUT2D eigenvalue weighted by atomic mass is 9.52. The fourth-order valence-corrected chi connectivity index (χ4v) is 6.66. The first-order valence-electron chi connectivity index (χ1n) is 9.43. The minimum atomic E-state index is -0.137. The molecule has 0 spiro atoms. The van der Waals surface area contributed by atoms with Crippen molar-refractivity contribution in [2.24, 2.45) is 28.6 Å². The van der Waals surface area contributed by atoms with Crippen molar-refractivity contribution in [1.29, 1.82) is 0 Å². The van der Waals surface area contributed by atoms with E-state index in [0.717, 1.165) is 51.6 Å². The van der Waals surface area contributed by atoms with Crippen molar-refractivity contribution in [1.82, 2.24) is 0 Å². The molecule has 0 amide bonds. The maximum Gasteiger partial charge on any atom is 0.0642 e. The molecule has 8 atom stereocenters. The van der Waals surface area contributed by atoms with Crippen molar-refractivity contribution < 1.29 is 14.9 Å². The molecular weight excluding hydrogens is 276 g/mol. The first kappa shape index (κ1) is 15.4. The predicted molar refractivity (Wildman–Crippen MR) is 85.4 cm³/mol. The van der Waals surface area contributed by atoms with Gasteiger partial charge < -0.3 is 14.9 Å². The van der Waals surface area contributed by atoms with Gasteiger partial charge in [-0.3, -0.25) is 0 Å². The van der Waals surface area contributed by atoms with Gasteiger partial charge in [-0.1, -0.05) is 13.8 Å². The lowest BCUT2D eigenvalue weighted by molar-refractivity contribution is -0.136. The molecule has 0 aromatic carbocycles. The smallest absolute Gasteiger partial charge is 0.0642 e. The van der Waals surface area contributed by atoms with Crippen molar-refractivity contribution in [3.05, 3.63) is 0 Å². The van der Waals surface area contributed by atoms with Gasteiger partial charge >= 0.3 is 0 Å². The number of hydrogen-bond acceptors (Lipinski definition) is 3. The summed E-state index contributed by atoms with van der Waals surface area (Å²) >= 11 is 0. The average Bonchev–Trinajstić information content (AvgIpc) is 2.70. The van der Waals surface area contributed by atoms with Gasteiger partial charge in [0.1, 0.15) is 0 Å². The van der Waals surface area contributed by atoms with Crippen LogP contribution in [0.3, 0.4) is 0 Å². The van der Waals surface area contributed by atoms with E-state index in [0.29, 0.717) is 29.3 Å². The monoisotopic (exact) mass is 308 g/mol. The van der Waals surface area contributed by atoms with Crippen LogP contribution in [0.1, 0.15) is 65.2 Å². The minimum Gasteiger partial charge on any atom is -0.393 e. The van der Waals surface area contributed by atoms with Crippen LogP contribution in [0.4, 0.5) is 0 Å². The first-order valence-corrected chi connectivity index (χ1v) is 9.43. The van der Waals surface area contributed by atoms with Crippen LogP contribution in [-0.4, -0.2) is 35.1 Å². The molecule has 0 aromatic rings. The fraction of sp³-hybridized carbons (Fsp3) is 1.00. The molecule has 4 rings (SSSR count). The Morgan fingerprint density at radius 1 is 0.864 bits per heavy atom. The second kappa shape index (κ2) is 5.19. The zero-order chi connectivity index (χ0) is 15.5. The summed E-state index contributed by atoms with van der Waals surface area (Å²) in [6.07, 6.45) is 8.69. The number of aliphatic hydroxyl groups excluding tert-OH is 2. The molecule has 0 radical (unpaired) electrons. The molecule has 1 aliphatic heterocycles. The summed E-state index contributed by atoms with van der Waals surface area (Å²) in [5, 5.41) is 20.6. The van der Waals surface area contributed by atoms with Gasteiger partial charge in [0.05, 0.1) is 18.3 Å². The molecule has 0 bridgehead atoms. The molecule has 22 heavy (non-hydrogen) atoms. The third-order valence-electron chi connectivity index (χ3n) is 8.28. The third-order valence-corrected chi connectivity index (χ3v) is 8.28. The van der Waals surface area contributed by atoms with E-state index in [1.54, 1.807) is 0 Å². The molecule has 4 aliphatic rings. The maximum absolute atomic E-state index is 10.5. The Morgan fingerprint density at radius 3 is 2.41 bits per heavy atom. The molecule has 3 heteroatoms. The van der Waals surface area contributed by atoms with Crippen molar-refractivity contribution >= 4 is 0 Å². The molecule has 1 saturated heterocycles. The van der Waals surface area contributed by atoms with Gasteiger partial charge in [0, 0.05) is 6.61 Å². The lowest BCUT2D eigenvalue weighted by Gasteiger charge is -2.54. The van der Waals surface area contributed by atoms with Crippen LogP contribution in [0.25, 0.3) is 0 Å². The lowest BCUT2D eigenvalue weighted by Crippen LogP contribution is -2.53. The van der Waals surface area contributed by atoms with E-state index in [1.807, 2.05) is 0 Å². The van der Waals surface area contributed by atoms with Gasteiger partial charge in [0.25, 0.3) is 0 Å². The van der Waals surface area contributed by atoms with Crippen LogP contribution in [-0.2, 0) is 4.74 Å². The molecule has 1 heterocycles. The Morgan fingerprint density at radius 2 is 1.59 bits per heavy atom. The normalized spacial score (nSPS) is 58.4. The zero-order valence-electron chi connectivity index (χ0n) is 14.1. The molecule has 3 saturated carbocycles. The Balaban J connectivity index is 1.65. The zero-order valence-corrected chi connectivity index (χ0v) is 14.1. The summed E-state index contributed by atoms with van der Waals surface area (Å²) in [5.41, 5.74) is 0.404. The standard InChI is InChI=1S/C19H32O3/c1-18-8-5-13(20)11-12(18)7-10-22-17-14-3-4-16(21)19(14,2)9-6-15(17)18/h12-17,20-21H,3-11H2,1-2H3/t12?,13?,14-,15-,16?,17-,18-,19-/m0/s1. The Hall–Kier alpha value is -0.120. The highest BCUT2D eigenvalue weighted by atomic mass is 16.5. The highest BCUT2D eigenvalue weighted by molar-refractivity contribution is 5.09. The van der Waals surface area contributed by atoms with Gasteiger partial charge in [-0.05, 0) is 80.0 Å². The van der Waals surface area contributed by atoms with Gasteiger partial charge in [-0.25, -0.2) is 0 Å². The van der Waals surface area contributed by atoms with E-state index in [9.17, 15) is 10.2 Å². The third kappa shape index (κ3) is 2.04. The molecule has 0 aromatic heterocycles. The quantitative estimate of drug-likeness (QED) is 0.723. The Kier molecular flexibility index (Phi) is 3.63. The van der Waals surface area contributed by atoms with Gasteiger partial charge in [-0.2, -0.15) is 0 Å². The van der Waals surface area contributed by atoms with Crippen molar-refractivity contribution in [3.63, 3.8) is 0 Å². The topological polar surface area (TPSA) is 49.7 Å². The summed E-state index contributed by atoms with van der Waals surface area (Å²) in [7, 11) is 0. The molecule has 3 nitrogen and oxygen atoms in total. The summed E-state index contributed by atoms with van der Waals surface area (Å²) in [6, 6.07) is 0. The molecule has 2 N–H and O–H groups in total. The molecular formula is C19H32O3. The highest BCUT2D eigenvalue weighted by Crippen LogP contribution is 2.62. The van der Waals surface area contributed by atoms with Crippen LogP contribution in [0, 0.1) is 28.6 Å². The van der Waals surface area contributed by atoms with Gasteiger partial charge in [0.2, 0.25) is 0 Å². The summed E-state index contributed by atoms with van der Waals surface area (Å²) in [4.78, 5) is 0. The number of aliphatic hydroxyl groups is 2. The van der Waals surface area contributed by atoms with Crippen molar-refractivity contribution in [2.75, 3.05) is 6.61 Å². The maximum atomic E-state index is 10.5. The molecule has 126 valence electrons. The second-order valence-corrected chi connectivity index (χ2v) is 9.11. The average molecular weight is 308 g/mol. The molecule has 4 fully saturated rings. The summed E-state index contributed by atoms with van der Waals surface area (Å²) in [6.45, 7) is 5.62. The first-order chi connectivity index (χ1) is 10.4. The second-order valence-electron chi connectivity index (χ2n) is 9.11. The van der Waals surface area contributed by atoms with E-state index in [-0.39, 0.29) is 17.6 Å².